The van der Waals surface area contributed by atoms with Gasteiger partial charge in [0, 0.05) is 17.9 Å². The van der Waals surface area contributed by atoms with Gasteiger partial charge in [-0.1, -0.05) is 11.2 Å². The van der Waals surface area contributed by atoms with Gasteiger partial charge in [-0.15, -0.1) is 0 Å². The van der Waals surface area contributed by atoms with Crippen molar-refractivity contribution in [1.82, 2.24) is 4.90 Å². The van der Waals surface area contributed by atoms with Gasteiger partial charge in [-0.3, -0.25) is 0 Å². The molecule has 2 fully saturated rings. The Labute approximate surface area is 138 Å². The minimum atomic E-state index is 0.168. The number of rotatable bonds is 4. The van der Waals surface area contributed by atoms with Gasteiger partial charge in [-0.2, -0.15) is 0 Å². The summed E-state index contributed by atoms with van der Waals surface area (Å²) in [4.78, 5) is 7.46. The molecule has 5 heteroatoms. The van der Waals surface area contributed by atoms with E-state index in [0.717, 1.165) is 37.3 Å². The second-order valence-corrected chi connectivity index (χ2v) is 6.52. The average molecular weight is 318 g/mol. The zero-order valence-electron chi connectivity index (χ0n) is 14.5. The maximum atomic E-state index is 5.52. The first-order valence-electron chi connectivity index (χ1n) is 8.16. The number of hydrogen-bond donors (Lipinski definition) is 0. The fourth-order valence-electron chi connectivity index (χ4n) is 4.29. The third-order valence-corrected chi connectivity index (χ3v) is 5.55. The maximum absolute atomic E-state index is 5.52. The Balaban J connectivity index is 1.98. The molecule has 1 saturated carbocycles. The predicted molar refractivity (Wildman–Crippen MR) is 90.6 cm³/mol. The molecule has 126 valence electrons. The number of benzene rings is 1. The third-order valence-electron chi connectivity index (χ3n) is 5.55. The van der Waals surface area contributed by atoms with Crippen LogP contribution in [-0.2, 0) is 10.3 Å². The highest BCUT2D eigenvalue weighted by molar-refractivity contribution is 5.86. The lowest BCUT2D eigenvalue weighted by Crippen LogP contribution is -2.46. The van der Waals surface area contributed by atoms with Crippen LogP contribution in [0.1, 0.15) is 31.2 Å². The lowest BCUT2D eigenvalue weighted by Gasteiger charge is -2.42. The molecular weight excluding hydrogens is 292 g/mol. The van der Waals surface area contributed by atoms with E-state index in [-0.39, 0.29) is 5.41 Å². The summed E-state index contributed by atoms with van der Waals surface area (Å²) in [6.07, 6.45) is 4.23. The fraction of sp³-hybridized carbons (Fsp3) is 0.611. The lowest BCUT2D eigenvalue weighted by molar-refractivity contribution is 0.195. The Morgan fingerprint density at radius 2 is 1.91 bits per heavy atom. The Hall–Kier alpha value is -1.75. The van der Waals surface area contributed by atoms with Crippen LogP contribution in [0.5, 0.6) is 11.5 Å². The average Bonchev–Trinajstić information content (AvgIpc) is 2.92. The number of ether oxygens (including phenoxy) is 2. The van der Waals surface area contributed by atoms with Crippen molar-refractivity contribution in [2.45, 2.75) is 37.1 Å². The first-order chi connectivity index (χ1) is 11.1. The largest absolute Gasteiger partial charge is 0.493 e. The molecule has 1 heterocycles. The Kier molecular flexibility index (Phi) is 4.48. The van der Waals surface area contributed by atoms with Gasteiger partial charge >= 0.3 is 0 Å². The molecule has 0 spiro atoms. The van der Waals surface area contributed by atoms with Crippen LogP contribution in [0.4, 0.5) is 0 Å². The van der Waals surface area contributed by atoms with Gasteiger partial charge in [0.2, 0.25) is 0 Å². The molecule has 1 aliphatic carbocycles. The summed E-state index contributed by atoms with van der Waals surface area (Å²) in [6.45, 7) is 1.11. The van der Waals surface area contributed by atoms with Crippen molar-refractivity contribution < 1.29 is 14.3 Å². The molecule has 3 rings (SSSR count). The Bertz CT molecular complexity index is 602. The molecule has 0 amide bonds. The summed E-state index contributed by atoms with van der Waals surface area (Å²) in [5, 5.41) is 4.21. The first-order valence-corrected chi connectivity index (χ1v) is 8.16. The van der Waals surface area contributed by atoms with Crippen LogP contribution in [0, 0.1) is 0 Å². The van der Waals surface area contributed by atoms with Gasteiger partial charge in [0.25, 0.3) is 0 Å². The third kappa shape index (κ3) is 2.67. The van der Waals surface area contributed by atoms with E-state index in [9.17, 15) is 0 Å². The van der Waals surface area contributed by atoms with Gasteiger partial charge in [0.1, 0.15) is 7.11 Å². The number of nitrogens with zero attached hydrogens (tertiary/aromatic N) is 2. The number of methoxy groups -OCH3 is 2. The van der Waals surface area contributed by atoms with E-state index in [1.165, 1.54) is 17.7 Å². The van der Waals surface area contributed by atoms with Crippen LogP contribution in [-0.4, -0.2) is 51.6 Å². The molecule has 23 heavy (non-hydrogen) atoms. The van der Waals surface area contributed by atoms with Gasteiger partial charge in [-0.25, -0.2) is 0 Å². The van der Waals surface area contributed by atoms with Crippen molar-refractivity contribution in [2.24, 2.45) is 5.16 Å². The van der Waals surface area contributed by atoms with Crippen molar-refractivity contribution in [1.29, 1.82) is 0 Å². The molecule has 0 radical (unpaired) electrons. The number of likely N-dealkylation sites (tertiary alicyclic amines) is 1. The molecule has 1 saturated heterocycles. The van der Waals surface area contributed by atoms with E-state index >= 15 is 0 Å². The highest BCUT2D eigenvalue weighted by Gasteiger charge is 2.50. The summed E-state index contributed by atoms with van der Waals surface area (Å²) in [6, 6.07) is 6.84. The summed E-state index contributed by atoms with van der Waals surface area (Å²) in [7, 11) is 7.21. The topological polar surface area (TPSA) is 43.3 Å². The van der Waals surface area contributed by atoms with Gasteiger partial charge < -0.3 is 19.2 Å². The first kappa shape index (κ1) is 16.1. The van der Waals surface area contributed by atoms with Crippen molar-refractivity contribution in [3.8, 4) is 11.5 Å². The molecule has 0 N–H and O–H groups in total. The van der Waals surface area contributed by atoms with Crippen LogP contribution in [0.25, 0.3) is 0 Å². The SMILES string of the molecule is CO/N=C1\CCC2(c3ccc(OC)c(OC)c3)CCN(C)C2C1. The summed E-state index contributed by atoms with van der Waals surface area (Å²) < 4.78 is 10.9. The predicted octanol–water partition coefficient (Wildman–Crippen LogP) is 2.83. The fourth-order valence-corrected chi connectivity index (χ4v) is 4.29. The zero-order chi connectivity index (χ0) is 16.4. The lowest BCUT2D eigenvalue weighted by atomic mass is 9.65. The maximum Gasteiger partial charge on any atom is 0.161 e. The molecule has 1 aromatic carbocycles. The van der Waals surface area contributed by atoms with Crippen LogP contribution < -0.4 is 9.47 Å². The number of oxime groups is 1. The number of hydrogen-bond acceptors (Lipinski definition) is 5. The second-order valence-electron chi connectivity index (χ2n) is 6.52. The molecule has 2 unspecified atom stereocenters. The van der Waals surface area contributed by atoms with E-state index in [2.05, 4.69) is 29.2 Å². The van der Waals surface area contributed by atoms with Crippen LogP contribution in [0.2, 0.25) is 0 Å². The summed E-state index contributed by atoms with van der Waals surface area (Å²) in [5.74, 6) is 1.59. The quantitative estimate of drug-likeness (QED) is 0.801. The van der Waals surface area contributed by atoms with E-state index in [1.807, 2.05) is 6.07 Å². The van der Waals surface area contributed by atoms with E-state index in [4.69, 9.17) is 14.3 Å². The van der Waals surface area contributed by atoms with Gasteiger partial charge in [0.15, 0.2) is 11.5 Å². The molecule has 1 aliphatic heterocycles. The van der Waals surface area contributed by atoms with Crippen LogP contribution in [0.15, 0.2) is 23.4 Å². The van der Waals surface area contributed by atoms with Gasteiger partial charge in [-0.05, 0) is 50.6 Å². The van der Waals surface area contributed by atoms with E-state index in [1.54, 1.807) is 21.3 Å². The minimum absolute atomic E-state index is 0.168. The standard InChI is InChI=1S/C18H26N2O3/c1-20-10-9-18(8-7-14(19-23-4)12-17(18)20)13-5-6-15(21-2)16(11-13)22-3/h5-6,11,17H,7-10,12H2,1-4H3/b19-14+. The number of likely N-dealkylation sites (N-methyl/N-ethyl adjacent to an activating group) is 1. The monoisotopic (exact) mass is 318 g/mol. The van der Waals surface area contributed by atoms with Crippen LogP contribution in [0.3, 0.4) is 0 Å². The van der Waals surface area contributed by atoms with Crippen molar-refractivity contribution >= 4 is 5.71 Å². The Morgan fingerprint density at radius 1 is 1.13 bits per heavy atom. The van der Waals surface area contributed by atoms with Crippen molar-refractivity contribution in [3.05, 3.63) is 23.8 Å². The smallest absolute Gasteiger partial charge is 0.161 e. The molecule has 1 aromatic rings. The minimum Gasteiger partial charge on any atom is -0.493 e. The van der Waals surface area contributed by atoms with Gasteiger partial charge in [0.05, 0.1) is 19.9 Å². The van der Waals surface area contributed by atoms with Crippen LogP contribution >= 0.6 is 0 Å². The molecule has 5 nitrogen and oxygen atoms in total. The van der Waals surface area contributed by atoms with Crippen molar-refractivity contribution in [3.63, 3.8) is 0 Å². The molecule has 0 aromatic heterocycles. The highest BCUT2D eigenvalue weighted by Crippen LogP contribution is 2.49. The molecule has 2 atom stereocenters. The van der Waals surface area contributed by atoms with E-state index in [0.29, 0.717) is 6.04 Å². The summed E-state index contributed by atoms with van der Waals surface area (Å²) >= 11 is 0. The summed E-state index contributed by atoms with van der Waals surface area (Å²) in [5.41, 5.74) is 2.68. The molecule has 0 bridgehead atoms. The van der Waals surface area contributed by atoms with Crippen molar-refractivity contribution in [2.75, 3.05) is 34.9 Å². The molecular formula is C18H26N2O3. The van der Waals surface area contributed by atoms with E-state index < -0.39 is 0 Å². The highest BCUT2D eigenvalue weighted by atomic mass is 16.6. The molecule has 2 aliphatic rings. The normalized spacial score (nSPS) is 29.4. The Morgan fingerprint density at radius 3 is 2.61 bits per heavy atom. The zero-order valence-corrected chi connectivity index (χ0v) is 14.5. The number of fused-ring (bicyclic) bond motifs is 1. The second kappa shape index (κ2) is 6.40.